The number of fused-ring (bicyclic) bond motifs is 1. The number of hydrogen-bond donors (Lipinski definition) is 0. The third-order valence-corrected chi connectivity index (χ3v) is 4.69. The van der Waals surface area contributed by atoms with Gasteiger partial charge in [-0.2, -0.15) is 5.10 Å². The van der Waals surface area contributed by atoms with Crippen molar-refractivity contribution in [2.24, 2.45) is 0 Å². The zero-order chi connectivity index (χ0) is 17.9. The zero-order valence-electron chi connectivity index (χ0n) is 14.8. The van der Waals surface area contributed by atoms with Gasteiger partial charge in [-0.15, -0.1) is 0 Å². The first-order valence-electron chi connectivity index (χ1n) is 8.86. The molecular weight excluding hydrogens is 330 g/mol. The maximum atomic E-state index is 12.6. The van der Waals surface area contributed by atoms with E-state index in [1.54, 1.807) is 11.8 Å². The van der Waals surface area contributed by atoms with Crippen molar-refractivity contribution in [2.75, 3.05) is 13.1 Å². The van der Waals surface area contributed by atoms with Gasteiger partial charge in [0.05, 0.1) is 6.54 Å². The van der Waals surface area contributed by atoms with Crippen LogP contribution >= 0.6 is 0 Å². The number of rotatable bonds is 4. The van der Waals surface area contributed by atoms with E-state index in [1.165, 1.54) is 12.0 Å². The molecular formula is C19H21N5O2. The highest BCUT2D eigenvalue weighted by molar-refractivity contribution is 5.93. The minimum absolute atomic E-state index is 0.0914. The summed E-state index contributed by atoms with van der Waals surface area (Å²) in [5.74, 6) is 2.28. The summed E-state index contributed by atoms with van der Waals surface area (Å²) in [6, 6.07) is 10.4. The predicted octanol–water partition coefficient (Wildman–Crippen LogP) is 2.06. The molecule has 0 saturated carbocycles. The van der Waals surface area contributed by atoms with Crippen LogP contribution in [0.2, 0.25) is 0 Å². The standard InChI is InChI=1S/C19H21N5O2/c1-14-18(20-13-26-14)19(25)23-10-9-17-21-16(22-24(17)12-11-23)8-7-15-5-3-2-4-6-15/h2-6,13H,7-12H2,1H3. The van der Waals surface area contributed by atoms with Gasteiger partial charge in [-0.05, 0) is 18.9 Å². The van der Waals surface area contributed by atoms with E-state index in [2.05, 4.69) is 27.2 Å². The van der Waals surface area contributed by atoms with Crippen molar-refractivity contribution in [3.63, 3.8) is 0 Å². The van der Waals surface area contributed by atoms with E-state index in [-0.39, 0.29) is 5.91 Å². The number of aryl methyl sites for hydroxylation is 3. The van der Waals surface area contributed by atoms with Gasteiger partial charge in [-0.25, -0.2) is 14.6 Å². The summed E-state index contributed by atoms with van der Waals surface area (Å²) in [5.41, 5.74) is 1.68. The van der Waals surface area contributed by atoms with Crippen molar-refractivity contribution in [1.29, 1.82) is 0 Å². The molecule has 26 heavy (non-hydrogen) atoms. The molecule has 1 aliphatic rings. The first-order valence-corrected chi connectivity index (χ1v) is 8.86. The van der Waals surface area contributed by atoms with Crippen molar-refractivity contribution in [3.8, 4) is 0 Å². The van der Waals surface area contributed by atoms with E-state index in [0.29, 0.717) is 37.5 Å². The lowest BCUT2D eigenvalue weighted by atomic mass is 10.1. The molecule has 0 aliphatic carbocycles. The lowest BCUT2D eigenvalue weighted by Crippen LogP contribution is -2.34. The maximum absolute atomic E-state index is 12.6. The summed E-state index contributed by atoms with van der Waals surface area (Å²) in [7, 11) is 0. The molecule has 0 N–H and O–H groups in total. The largest absolute Gasteiger partial charge is 0.448 e. The Balaban J connectivity index is 1.40. The molecule has 1 aromatic carbocycles. The van der Waals surface area contributed by atoms with Gasteiger partial charge in [0, 0.05) is 25.9 Å². The zero-order valence-corrected chi connectivity index (χ0v) is 14.8. The highest BCUT2D eigenvalue weighted by Crippen LogP contribution is 2.13. The molecule has 1 amide bonds. The fraction of sp³-hybridized carbons (Fsp3) is 0.368. The number of amides is 1. The van der Waals surface area contributed by atoms with E-state index in [0.717, 1.165) is 24.5 Å². The second-order valence-electron chi connectivity index (χ2n) is 6.45. The second kappa shape index (κ2) is 7.11. The topological polar surface area (TPSA) is 77.1 Å². The summed E-state index contributed by atoms with van der Waals surface area (Å²) in [6.45, 7) is 3.61. The van der Waals surface area contributed by atoms with Crippen molar-refractivity contribution >= 4 is 5.91 Å². The van der Waals surface area contributed by atoms with Crippen LogP contribution in [0.25, 0.3) is 0 Å². The molecule has 0 atom stereocenters. The fourth-order valence-corrected chi connectivity index (χ4v) is 3.22. The predicted molar refractivity (Wildman–Crippen MR) is 94.7 cm³/mol. The molecule has 0 unspecified atom stereocenters. The molecule has 134 valence electrons. The molecule has 7 nitrogen and oxygen atoms in total. The first kappa shape index (κ1) is 16.5. The number of oxazole rings is 1. The van der Waals surface area contributed by atoms with E-state index in [9.17, 15) is 4.79 Å². The van der Waals surface area contributed by atoms with Gasteiger partial charge in [-0.3, -0.25) is 4.79 Å². The molecule has 0 fully saturated rings. The van der Waals surface area contributed by atoms with Crippen LogP contribution in [-0.4, -0.2) is 43.6 Å². The normalized spacial score (nSPS) is 14.1. The Kier molecular flexibility index (Phi) is 4.51. The number of carbonyl (C=O) groups excluding carboxylic acids is 1. The lowest BCUT2D eigenvalue weighted by Gasteiger charge is -2.18. The Morgan fingerprint density at radius 1 is 1.15 bits per heavy atom. The SMILES string of the molecule is Cc1ocnc1C(=O)N1CCc2nc(CCc3ccccc3)nn2CC1. The molecule has 4 rings (SSSR count). The van der Waals surface area contributed by atoms with Gasteiger partial charge in [-0.1, -0.05) is 30.3 Å². The molecule has 0 radical (unpaired) electrons. The Morgan fingerprint density at radius 3 is 2.77 bits per heavy atom. The number of carbonyl (C=O) groups is 1. The molecule has 3 aromatic rings. The van der Waals surface area contributed by atoms with Crippen LogP contribution in [0, 0.1) is 6.92 Å². The first-order chi connectivity index (χ1) is 12.7. The molecule has 0 saturated heterocycles. The van der Waals surface area contributed by atoms with E-state index >= 15 is 0 Å². The van der Waals surface area contributed by atoms with Crippen LogP contribution in [-0.2, 0) is 25.8 Å². The van der Waals surface area contributed by atoms with Gasteiger partial charge in [0.1, 0.15) is 11.6 Å². The van der Waals surface area contributed by atoms with Crippen molar-refractivity contribution < 1.29 is 9.21 Å². The maximum Gasteiger partial charge on any atom is 0.276 e. The quantitative estimate of drug-likeness (QED) is 0.719. The Hall–Kier alpha value is -2.96. The van der Waals surface area contributed by atoms with Crippen LogP contribution in [0.1, 0.15) is 33.5 Å². The monoisotopic (exact) mass is 351 g/mol. The van der Waals surface area contributed by atoms with E-state index in [4.69, 9.17) is 4.42 Å². The second-order valence-corrected chi connectivity index (χ2v) is 6.45. The lowest BCUT2D eigenvalue weighted by molar-refractivity contribution is 0.0751. The summed E-state index contributed by atoms with van der Waals surface area (Å²) < 4.78 is 7.08. The number of aromatic nitrogens is 4. The minimum atomic E-state index is -0.0914. The third-order valence-electron chi connectivity index (χ3n) is 4.69. The molecule has 1 aliphatic heterocycles. The van der Waals surface area contributed by atoms with Crippen LogP contribution in [0.5, 0.6) is 0 Å². The Morgan fingerprint density at radius 2 is 2.00 bits per heavy atom. The summed E-state index contributed by atoms with van der Waals surface area (Å²) in [4.78, 5) is 23.1. The van der Waals surface area contributed by atoms with Gasteiger partial charge >= 0.3 is 0 Å². The van der Waals surface area contributed by atoms with Gasteiger partial charge in [0.15, 0.2) is 17.9 Å². The molecule has 3 heterocycles. The van der Waals surface area contributed by atoms with Crippen LogP contribution in [0.15, 0.2) is 41.1 Å². The Labute approximate surface area is 151 Å². The smallest absolute Gasteiger partial charge is 0.276 e. The highest BCUT2D eigenvalue weighted by atomic mass is 16.3. The van der Waals surface area contributed by atoms with E-state index < -0.39 is 0 Å². The van der Waals surface area contributed by atoms with Crippen molar-refractivity contribution in [2.45, 2.75) is 32.7 Å². The van der Waals surface area contributed by atoms with Gasteiger partial charge in [0.2, 0.25) is 0 Å². The molecule has 7 heteroatoms. The van der Waals surface area contributed by atoms with Gasteiger partial charge in [0.25, 0.3) is 5.91 Å². The number of nitrogens with zero attached hydrogens (tertiary/aromatic N) is 5. The average Bonchev–Trinajstić information content (AvgIpc) is 3.21. The van der Waals surface area contributed by atoms with Gasteiger partial charge < -0.3 is 9.32 Å². The number of hydrogen-bond acceptors (Lipinski definition) is 5. The molecule has 0 spiro atoms. The van der Waals surface area contributed by atoms with Crippen LogP contribution in [0.3, 0.4) is 0 Å². The van der Waals surface area contributed by atoms with Crippen LogP contribution in [0.4, 0.5) is 0 Å². The minimum Gasteiger partial charge on any atom is -0.448 e. The van der Waals surface area contributed by atoms with Crippen molar-refractivity contribution in [3.05, 3.63) is 65.4 Å². The number of benzene rings is 1. The molecule has 2 aromatic heterocycles. The van der Waals surface area contributed by atoms with E-state index in [1.807, 2.05) is 22.9 Å². The molecule has 0 bridgehead atoms. The Bertz CT molecular complexity index is 874. The highest BCUT2D eigenvalue weighted by Gasteiger charge is 2.24. The van der Waals surface area contributed by atoms with Crippen LogP contribution < -0.4 is 0 Å². The van der Waals surface area contributed by atoms with Crippen molar-refractivity contribution in [1.82, 2.24) is 24.6 Å². The summed E-state index contributed by atoms with van der Waals surface area (Å²) in [6.07, 6.45) is 3.76. The average molecular weight is 351 g/mol. The fourth-order valence-electron chi connectivity index (χ4n) is 3.22. The summed E-state index contributed by atoms with van der Waals surface area (Å²) in [5, 5.41) is 4.63. The third kappa shape index (κ3) is 3.37. The summed E-state index contributed by atoms with van der Waals surface area (Å²) >= 11 is 0.